The third-order valence-corrected chi connectivity index (χ3v) is 3.33. The van der Waals surface area contributed by atoms with Crippen molar-refractivity contribution >= 4 is 0 Å². The number of rotatable bonds is 3. The fourth-order valence-electron chi connectivity index (χ4n) is 2.32. The Kier molecular flexibility index (Phi) is 3.56. The smallest absolute Gasteiger partial charge is 0.123 e. The summed E-state index contributed by atoms with van der Waals surface area (Å²) in [6, 6.07) is 6.68. The van der Waals surface area contributed by atoms with Crippen molar-refractivity contribution in [1.29, 1.82) is 0 Å². The van der Waals surface area contributed by atoms with Gasteiger partial charge >= 0.3 is 0 Å². The van der Waals surface area contributed by atoms with E-state index in [-0.39, 0.29) is 11.2 Å². The van der Waals surface area contributed by atoms with E-state index >= 15 is 0 Å². The molecular weight excluding hydrogens is 205 g/mol. The first kappa shape index (κ1) is 11.6. The summed E-state index contributed by atoms with van der Waals surface area (Å²) < 4.78 is 18.3. The quantitative estimate of drug-likeness (QED) is 0.852. The monoisotopic (exact) mass is 223 g/mol. The van der Waals surface area contributed by atoms with E-state index in [9.17, 15) is 4.39 Å². The van der Waals surface area contributed by atoms with Crippen molar-refractivity contribution in [2.24, 2.45) is 11.1 Å². The van der Waals surface area contributed by atoms with Crippen molar-refractivity contribution in [3.8, 4) is 0 Å². The Bertz CT molecular complexity index is 330. The number of benzene rings is 1. The Morgan fingerprint density at radius 2 is 2.06 bits per heavy atom. The summed E-state index contributed by atoms with van der Waals surface area (Å²) in [5.74, 6) is -0.189. The van der Waals surface area contributed by atoms with Gasteiger partial charge in [-0.3, -0.25) is 0 Å². The summed E-state index contributed by atoms with van der Waals surface area (Å²) in [7, 11) is 0. The second-order valence-electron chi connectivity index (χ2n) is 4.66. The van der Waals surface area contributed by atoms with Crippen molar-refractivity contribution < 1.29 is 9.13 Å². The van der Waals surface area contributed by atoms with Gasteiger partial charge in [-0.25, -0.2) is 4.39 Å². The van der Waals surface area contributed by atoms with Crippen LogP contribution in [0.2, 0.25) is 0 Å². The molecule has 1 heterocycles. The van der Waals surface area contributed by atoms with Crippen molar-refractivity contribution in [3.05, 3.63) is 35.6 Å². The van der Waals surface area contributed by atoms with Crippen LogP contribution in [0.3, 0.4) is 0 Å². The van der Waals surface area contributed by atoms with Crippen LogP contribution in [0.1, 0.15) is 18.4 Å². The molecule has 1 fully saturated rings. The van der Waals surface area contributed by atoms with Crippen LogP contribution in [0.25, 0.3) is 0 Å². The summed E-state index contributed by atoms with van der Waals surface area (Å²) >= 11 is 0. The molecule has 0 aromatic heterocycles. The van der Waals surface area contributed by atoms with Gasteiger partial charge < -0.3 is 10.5 Å². The van der Waals surface area contributed by atoms with Crippen LogP contribution in [0, 0.1) is 11.2 Å². The Labute approximate surface area is 95.6 Å². The summed E-state index contributed by atoms with van der Waals surface area (Å²) in [5, 5.41) is 0. The van der Waals surface area contributed by atoms with Gasteiger partial charge in [0, 0.05) is 18.6 Å². The van der Waals surface area contributed by atoms with Crippen LogP contribution in [0.4, 0.5) is 4.39 Å². The van der Waals surface area contributed by atoms with Gasteiger partial charge in [0.2, 0.25) is 0 Å². The highest BCUT2D eigenvalue weighted by atomic mass is 19.1. The third kappa shape index (κ3) is 2.60. The summed E-state index contributed by atoms with van der Waals surface area (Å²) in [6.45, 7) is 2.19. The minimum Gasteiger partial charge on any atom is -0.381 e. The van der Waals surface area contributed by atoms with Crippen molar-refractivity contribution in [3.63, 3.8) is 0 Å². The number of hydrogen-bond acceptors (Lipinski definition) is 2. The molecule has 1 aliphatic heterocycles. The Morgan fingerprint density at radius 1 is 1.31 bits per heavy atom. The number of halogens is 1. The molecule has 88 valence electrons. The van der Waals surface area contributed by atoms with E-state index in [1.165, 1.54) is 12.1 Å². The molecule has 1 aromatic rings. The lowest BCUT2D eigenvalue weighted by Crippen LogP contribution is -2.40. The van der Waals surface area contributed by atoms with E-state index in [2.05, 4.69) is 0 Å². The molecule has 2 nitrogen and oxygen atoms in total. The molecule has 16 heavy (non-hydrogen) atoms. The molecule has 0 radical (unpaired) electrons. The Hall–Kier alpha value is -0.930. The third-order valence-electron chi connectivity index (χ3n) is 3.33. The van der Waals surface area contributed by atoms with Gasteiger partial charge in [0.15, 0.2) is 0 Å². The van der Waals surface area contributed by atoms with Crippen molar-refractivity contribution in [1.82, 2.24) is 0 Å². The van der Waals surface area contributed by atoms with Gasteiger partial charge in [0.05, 0.1) is 6.61 Å². The van der Waals surface area contributed by atoms with Crippen molar-refractivity contribution in [2.75, 3.05) is 19.8 Å². The second kappa shape index (κ2) is 4.93. The molecule has 1 aromatic carbocycles. The van der Waals surface area contributed by atoms with E-state index in [4.69, 9.17) is 10.5 Å². The predicted octanol–water partition coefficient (Wildman–Crippen LogP) is 2.12. The van der Waals surface area contributed by atoms with Gasteiger partial charge in [0.1, 0.15) is 5.82 Å². The molecular formula is C13H18FNO. The van der Waals surface area contributed by atoms with Crippen LogP contribution < -0.4 is 5.73 Å². The fourth-order valence-corrected chi connectivity index (χ4v) is 2.32. The number of hydrogen-bond donors (Lipinski definition) is 1. The van der Waals surface area contributed by atoms with E-state index in [1.807, 2.05) is 12.1 Å². The molecule has 2 rings (SSSR count). The molecule has 1 atom stereocenters. The first-order valence-corrected chi connectivity index (χ1v) is 5.76. The highest BCUT2D eigenvalue weighted by molar-refractivity contribution is 5.18. The van der Waals surface area contributed by atoms with Crippen LogP contribution in [-0.4, -0.2) is 19.8 Å². The van der Waals surface area contributed by atoms with Gasteiger partial charge in [-0.15, -0.1) is 0 Å². The maximum absolute atomic E-state index is 12.8. The van der Waals surface area contributed by atoms with Gasteiger partial charge in [-0.05, 0) is 37.0 Å². The lowest BCUT2D eigenvalue weighted by Gasteiger charge is -2.36. The lowest BCUT2D eigenvalue weighted by atomic mass is 9.77. The van der Waals surface area contributed by atoms with Crippen LogP contribution >= 0.6 is 0 Å². The van der Waals surface area contributed by atoms with Gasteiger partial charge in [0.25, 0.3) is 0 Å². The molecule has 3 heteroatoms. The molecule has 1 saturated heterocycles. The molecule has 0 aliphatic carbocycles. The standard InChI is InChI=1S/C13H18FNO/c14-12-4-2-11(3-5-12)8-13(9-15)6-1-7-16-10-13/h2-5H,1,6-10,15H2. The number of ether oxygens (including phenoxy) is 1. The summed E-state index contributed by atoms with van der Waals surface area (Å²) in [6.07, 6.45) is 3.04. The molecule has 0 saturated carbocycles. The zero-order valence-electron chi connectivity index (χ0n) is 9.42. The van der Waals surface area contributed by atoms with Crippen LogP contribution in [0.5, 0.6) is 0 Å². The van der Waals surface area contributed by atoms with Gasteiger partial charge in [-0.1, -0.05) is 12.1 Å². The lowest BCUT2D eigenvalue weighted by molar-refractivity contribution is -0.00264. The predicted molar refractivity (Wildman–Crippen MR) is 61.6 cm³/mol. The second-order valence-corrected chi connectivity index (χ2v) is 4.66. The average molecular weight is 223 g/mol. The molecule has 1 aliphatic rings. The Balaban J connectivity index is 2.08. The van der Waals surface area contributed by atoms with Crippen molar-refractivity contribution in [2.45, 2.75) is 19.3 Å². The normalized spacial score (nSPS) is 25.6. The van der Waals surface area contributed by atoms with Crippen LogP contribution in [0.15, 0.2) is 24.3 Å². The molecule has 0 spiro atoms. The van der Waals surface area contributed by atoms with Gasteiger partial charge in [-0.2, -0.15) is 0 Å². The number of nitrogens with two attached hydrogens (primary N) is 1. The van der Waals surface area contributed by atoms with E-state index in [0.29, 0.717) is 6.54 Å². The average Bonchev–Trinajstić information content (AvgIpc) is 2.33. The van der Waals surface area contributed by atoms with E-state index in [1.54, 1.807) is 0 Å². The largest absolute Gasteiger partial charge is 0.381 e. The van der Waals surface area contributed by atoms with E-state index < -0.39 is 0 Å². The summed E-state index contributed by atoms with van der Waals surface area (Å²) in [5.41, 5.74) is 7.05. The fraction of sp³-hybridized carbons (Fsp3) is 0.538. The zero-order chi connectivity index (χ0) is 11.4. The highest BCUT2D eigenvalue weighted by Gasteiger charge is 2.31. The minimum absolute atomic E-state index is 0.0517. The minimum atomic E-state index is -0.189. The first-order chi connectivity index (χ1) is 7.74. The maximum atomic E-state index is 12.8. The molecule has 0 amide bonds. The Morgan fingerprint density at radius 3 is 2.62 bits per heavy atom. The highest BCUT2D eigenvalue weighted by Crippen LogP contribution is 2.31. The SMILES string of the molecule is NCC1(Cc2ccc(F)cc2)CCCOC1. The van der Waals surface area contributed by atoms with E-state index in [0.717, 1.165) is 38.0 Å². The van der Waals surface area contributed by atoms with Crippen LogP contribution in [-0.2, 0) is 11.2 Å². The topological polar surface area (TPSA) is 35.2 Å². The molecule has 1 unspecified atom stereocenters. The first-order valence-electron chi connectivity index (χ1n) is 5.76. The zero-order valence-corrected chi connectivity index (χ0v) is 9.42. The maximum Gasteiger partial charge on any atom is 0.123 e. The summed E-state index contributed by atoms with van der Waals surface area (Å²) in [4.78, 5) is 0. The molecule has 0 bridgehead atoms. The molecule has 2 N–H and O–H groups in total.